The summed E-state index contributed by atoms with van der Waals surface area (Å²) in [6.45, 7) is 0. The first kappa shape index (κ1) is 8.10. The largest absolute Gasteiger partial charge is 0.352 e. The molecular formula is C8H12N4O. The third-order valence-corrected chi connectivity index (χ3v) is 2.27. The molecule has 0 unspecified atom stereocenters. The van der Waals surface area contributed by atoms with Crippen molar-refractivity contribution in [1.82, 2.24) is 15.1 Å². The van der Waals surface area contributed by atoms with Crippen LogP contribution in [0.25, 0.3) is 0 Å². The van der Waals surface area contributed by atoms with Crippen LogP contribution in [0.15, 0.2) is 12.4 Å². The van der Waals surface area contributed by atoms with Gasteiger partial charge in [-0.3, -0.25) is 4.68 Å². The Bertz CT molecular complexity index is 333. The zero-order valence-electron chi connectivity index (χ0n) is 7.40. The summed E-state index contributed by atoms with van der Waals surface area (Å²) >= 11 is 0. The maximum Gasteiger partial charge on any atom is 0.312 e. The van der Waals surface area contributed by atoms with Crippen molar-refractivity contribution in [2.24, 2.45) is 12.8 Å². The lowest BCUT2D eigenvalue weighted by atomic mass is 10.2. The lowest BCUT2D eigenvalue weighted by molar-refractivity contribution is 0.248. The summed E-state index contributed by atoms with van der Waals surface area (Å²) < 4.78 is 1.76. The second-order valence-electron chi connectivity index (χ2n) is 3.40. The number of aromatic nitrogens is 2. The van der Waals surface area contributed by atoms with Crippen molar-refractivity contribution in [3.05, 3.63) is 18.0 Å². The highest BCUT2D eigenvalue weighted by atomic mass is 16.2. The van der Waals surface area contributed by atoms with Crippen molar-refractivity contribution in [3.63, 3.8) is 0 Å². The van der Waals surface area contributed by atoms with Gasteiger partial charge in [0.05, 0.1) is 6.20 Å². The molecule has 1 aliphatic carbocycles. The maximum atomic E-state index is 10.5. The minimum absolute atomic E-state index is 0.210. The monoisotopic (exact) mass is 180 g/mol. The molecule has 1 aromatic rings. The molecule has 2 atom stereocenters. The van der Waals surface area contributed by atoms with Crippen molar-refractivity contribution >= 4 is 6.03 Å². The molecule has 0 bridgehead atoms. The Morgan fingerprint density at radius 1 is 1.85 bits per heavy atom. The Morgan fingerprint density at radius 3 is 3.15 bits per heavy atom. The highest BCUT2D eigenvalue weighted by Gasteiger charge is 2.39. The molecule has 0 aliphatic heterocycles. The van der Waals surface area contributed by atoms with Gasteiger partial charge in [-0.2, -0.15) is 5.10 Å². The fraction of sp³-hybridized carbons (Fsp3) is 0.500. The Labute approximate surface area is 75.9 Å². The fourth-order valence-electron chi connectivity index (χ4n) is 1.54. The molecule has 2 amide bonds. The second-order valence-corrected chi connectivity index (χ2v) is 3.40. The maximum absolute atomic E-state index is 10.5. The van der Waals surface area contributed by atoms with Crippen LogP contribution in [0.2, 0.25) is 0 Å². The smallest absolute Gasteiger partial charge is 0.312 e. The summed E-state index contributed by atoms with van der Waals surface area (Å²) in [6, 6.07) is -0.238. The second kappa shape index (κ2) is 2.76. The number of urea groups is 1. The summed E-state index contributed by atoms with van der Waals surface area (Å²) in [4.78, 5) is 10.5. The fourth-order valence-corrected chi connectivity index (χ4v) is 1.54. The van der Waals surface area contributed by atoms with Gasteiger partial charge in [0.2, 0.25) is 0 Å². The van der Waals surface area contributed by atoms with Crippen LogP contribution in [0.1, 0.15) is 17.9 Å². The topological polar surface area (TPSA) is 72.9 Å². The minimum Gasteiger partial charge on any atom is -0.352 e. The van der Waals surface area contributed by atoms with Gasteiger partial charge in [0.15, 0.2) is 0 Å². The van der Waals surface area contributed by atoms with Crippen molar-refractivity contribution in [2.75, 3.05) is 0 Å². The van der Waals surface area contributed by atoms with Crippen LogP contribution in [0.3, 0.4) is 0 Å². The van der Waals surface area contributed by atoms with E-state index in [9.17, 15) is 4.79 Å². The zero-order valence-corrected chi connectivity index (χ0v) is 7.40. The third-order valence-electron chi connectivity index (χ3n) is 2.27. The Balaban J connectivity index is 1.96. The number of primary amides is 1. The summed E-state index contributed by atoms with van der Waals surface area (Å²) in [5.74, 6) is 0.404. The van der Waals surface area contributed by atoms with Crippen molar-refractivity contribution < 1.29 is 4.79 Å². The van der Waals surface area contributed by atoms with Gasteiger partial charge in [-0.05, 0) is 12.0 Å². The molecule has 1 saturated carbocycles. The molecule has 0 spiro atoms. The molecule has 1 fully saturated rings. The van der Waals surface area contributed by atoms with Crippen molar-refractivity contribution in [1.29, 1.82) is 0 Å². The Hall–Kier alpha value is -1.52. The van der Waals surface area contributed by atoms with Crippen LogP contribution in [0.4, 0.5) is 4.79 Å². The molecule has 2 rings (SSSR count). The predicted molar refractivity (Wildman–Crippen MR) is 47.1 cm³/mol. The van der Waals surface area contributed by atoms with Gasteiger partial charge in [0.1, 0.15) is 0 Å². The summed E-state index contributed by atoms with van der Waals surface area (Å²) in [7, 11) is 1.88. The number of nitrogens with one attached hydrogen (secondary N) is 1. The average Bonchev–Trinajstić information content (AvgIpc) is 2.63. The Kier molecular flexibility index (Phi) is 1.72. The van der Waals surface area contributed by atoms with Gasteiger partial charge in [-0.1, -0.05) is 0 Å². The number of nitrogens with zero attached hydrogens (tertiary/aromatic N) is 2. The van der Waals surface area contributed by atoms with E-state index in [-0.39, 0.29) is 6.04 Å². The Morgan fingerprint density at radius 2 is 2.62 bits per heavy atom. The van der Waals surface area contributed by atoms with Gasteiger partial charge in [-0.15, -0.1) is 0 Å². The standard InChI is InChI=1S/C8H12N4O/c1-12-4-5(3-10-12)6-2-7(6)11-8(9)13/h3-4,6-7H,2H2,1H3,(H3,9,11,13)/t6-,7+/m0/s1. The highest BCUT2D eigenvalue weighted by Crippen LogP contribution is 2.40. The number of nitrogens with two attached hydrogens (primary N) is 1. The molecule has 0 saturated heterocycles. The molecular weight excluding hydrogens is 168 g/mol. The molecule has 3 N–H and O–H groups in total. The summed E-state index contributed by atoms with van der Waals surface area (Å²) in [5, 5.41) is 6.74. The van der Waals surface area contributed by atoms with Crippen LogP contribution in [-0.2, 0) is 7.05 Å². The van der Waals surface area contributed by atoms with E-state index in [4.69, 9.17) is 5.73 Å². The van der Waals surface area contributed by atoms with Crippen molar-refractivity contribution in [2.45, 2.75) is 18.4 Å². The molecule has 5 nitrogen and oxygen atoms in total. The number of amides is 2. The lowest BCUT2D eigenvalue weighted by Crippen LogP contribution is -2.31. The van der Waals surface area contributed by atoms with E-state index in [0.29, 0.717) is 5.92 Å². The van der Waals surface area contributed by atoms with Crippen LogP contribution >= 0.6 is 0 Å². The number of aryl methyl sites for hydroxylation is 1. The highest BCUT2D eigenvalue weighted by molar-refractivity contribution is 5.72. The van der Waals surface area contributed by atoms with Crippen LogP contribution < -0.4 is 11.1 Å². The quantitative estimate of drug-likeness (QED) is 0.669. The first-order valence-electron chi connectivity index (χ1n) is 4.21. The molecule has 13 heavy (non-hydrogen) atoms. The summed E-state index contributed by atoms with van der Waals surface area (Å²) in [5.41, 5.74) is 6.18. The third kappa shape index (κ3) is 1.63. The lowest BCUT2D eigenvalue weighted by Gasteiger charge is -1.97. The van der Waals surface area contributed by atoms with E-state index < -0.39 is 6.03 Å². The van der Waals surface area contributed by atoms with Crippen molar-refractivity contribution in [3.8, 4) is 0 Å². The predicted octanol–water partition coefficient (Wildman–Crippen LogP) is -0.0557. The molecule has 70 valence electrons. The van der Waals surface area contributed by atoms with Crippen LogP contribution in [0.5, 0.6) is 0 Å². The van der Waals surface area contributed by atoms with E-state index in [1.807, 2.05) is 19.4 Å². The molecule has 0 radical (unpaired) electrons. The van der Waals surface area contributed by atoms with Gasteiger partial charge >= 0.3 is 6.03 Å². The summed E-state index contributed by atoms with van der Waals surface area (Å²) in [6.07, 6.45) is 4.76. The number of hydrogen-bond donors (Lipinski definition) is 2. The van der Waals surface area contributed by atoms with Gasteiger partial charge in [-0.25, -0.2) is 4.79 Å². The molecule has 5 heteroatoms. The molecule has 1 aliphatic rings. The number of rotatable bonds is 2. The van der Waals surface area contributed by atoms with Crippen LogP contribution in [0, 0.1) is 0 Å². The molecule has 0 aromatic carbocycles. The average molecular weight is 180 g/mol. The van der Waals surface area contributed by atoms with Gasteiger partial charge < -0.3 is 11.1 Å². The molecule has 1 aromatic heterocycles. The number of carbonyl (C=O) groups is 1. The van der Waals surface area contributed by atoms with E-state index in [2.05, 4.69) is 10.4 Å². The van der Waals surface area contributed by atoms with E-state index in [0.717, 1.165) is 6.42 Å². The van der Waals surface area contributed by atoms with Crippen LogP contribution in [-0.4, -0.2) is 21.9 Å². The normalized spacial score (nSPS) is 25.6. The van der Waals surface area contributed by atoms with Gasteiger partial charge in [0, 0.05) is 25.2 Å². The minimum atomic E-state index is -0.448. The van der Waals surface area contributed by atoms with E-state index in [1.54, 1.807) is 4.68 Å². The van der Waals surface area contributed by atoms with E-state index in [1.165, 1.54) is 5.56 Å². The SMILES string of the molecule is Cn1cc([C@@H]2C[C@H]2NC(N)=O)cn1. The number of hydrogen-bond acceptors (Lipinski definition) is 2. The zero-order chi connectivity index (χ0) is 9.42. The van der Waals surface area contributed by atoms with E-state index >= 15 is 0 Å². The molecule has 1 heterocycles. The first-order chi connectivity index (χ1) is 6.16. The first-order valence-corrected chi connectivity index (χ1v) is 4.21. The van der Waals surface area contributed by atoms with Gasteiger partial charge in [0.25, 0.3) is 0 Å². The number of carbonyl (C=O) groups excluding carboxylic acids is 1.